The Morgan fingerprint density at radius 3 is 2.26 bits per heavy atom. The van der Waals surface area contributed by atoms with E-state index in [4.69, 9.17) is 14.6 Å². The molecule has 1 aromatic rings. The molecule has 0 bridgehead atoms. The first-order chi connectivity index (χ1) is 8.75. The molecule has 19 heavy (non-hydrogen) atoms. The average Bonchev–Trinajstić information content (AvgIpc) is 2.36. The zero-order valence-corrected chi connectivity index (χ0v) is 12.2. The summed E-state index contributed by atoms with van der Waals surface area (Å²) in [5, 5.41) is 9.12. The van der Waals surface area contributed by atoms with Crippen LogP contribution < -0.4 is 14.2 Å². The maximum absolute atomic E-state index is 12.2. The van der Waals surface area contributed by atoms with Crippen LogP contribution in [0.3, 0.4) is 0 Å². The summed E-state index contributed by atoms with van der Waals surface area (Å²) in [6.45, 7) is 2.87. The molecule has 1 rings (SSSR count). The molecule has 0 aliphatic rings. The lowest BCUT2D eigenvalue weighted by atomic mass is 10.1. The molecule has 0 spiro atoms. The first-order valence-electron chi connectivity index (χ1n) is 5.62. The fraction of sp³-hybridized carbons (Fsp3) is 0.500. The third-order valence-electron chi connectivity index (χ3n) is 2.47. The summed E-state index contributed by atoms with van der Waals surface area (Å²) in [4.78, 5) is 0.0478. The number of benzene rings is 1. The maximum Gasteiger partial charge on any atom is 0.241 e. The minimum Gasteiger partial charge on any atom is -0.493 e. The van der Waals surface area contributed by atoms with Gasteiger partial charge in [-0.1, -0.05) is 0 Å². The van der Waals surface area contributed by atoms with E-state index in [0.29, 0.717) is 11.5 Å². The van der Waals surface area contributed by atoms with Gasteiger partial charge >= 0.3 is 0 Å². The Morgan fingerprint density at radius 1 is 1.21 bits per heavy atom. The zero-order valence-electron chi connectivity index (χ0n) is 11.4. The molecule has 1 aromatic carbocycles. The molecule has 0 saturated heterocycles. The van der Waals surface area contributed by atoms with E-state index in [1.54, 1.807) is 13.8 Å². The van der Waals surface area contributed by atoms with Crippen molar-refractivity contribution in [3.8, 4) is 11.5 Å². The van der Waals surface area contributed by atoms with Gasteiger partial charge in [0.05, 0.1) is 31.3 Å². The largest absolute Gasteiger partial charge is 0.493 e. The van der Waals surface area contributed by atoms with Gasteiger partial charge < -0.3 is 14.6 Å². The molecule has 0 aliphatic carbocycles. The van der Waals surface area contributed by atoms with Crippen LogP contribution in [0, 0.1) is 0 Å². The Labute approximate surface area is 113 Å². The van der Waals surface area contributed by atoms with Gasteiger partial charge in [-0.2, -0.15) is 0 Å². The molecule has 0 atom stereocenters. The Balaban J connectivity index is 3.16. The Kier molecular flexibility index (Phi) is 4.78. The normalized spacial score (nSPS) is 12.3. The number of aliphatic hydroxyl groups is 1. The first kappa shape index (κ1) is 15.7. The van der Waals surface area contributed by atoms with E-state index in [0.717, 1.165) is 0 Å². The molecule has 0 aromatic heterocycles. The van der Waals surface area contributed by atoms with Crippen molar-refractivity contribution < 1.29 is 23.0 Å². The SMILES string of the molecule is COc1ccc(S(=O)(=O)NC(C)(C)CO)cc1OC. The Morgan fingerprint density at radius 2 is 1.79 bits per heavy atom. The number of aliphatic hydroxyl groups excluding tert-OH is 1. The molecular formula is C12H19NO5S. The third-order valence-corrected chi connectivity index (χ3v) is 4.17. The van der Waals surface area contributed by atoms with Crippen molar-refractivity contribution in [3.05, 3.63) is 18.2 Å². The zero-order chi connectivity index (χ0) is 14.7. The van der Waals surface area contributed by atoms with Crippen LogP contribution in [0.15, 0.2) is 23.1 Å². The van der Waals surface area contributed by atoms with E-state index in [1.807, 2.05) is 0 Å². The van der Waals surface area contributed by atoms with Crippen LogP contribution >= 0.6 is 0 Å². The highest BCUT2D eigenvalue weighted by Gasteiger charge is 2.26. The van der Waals surface area contributed by atoms with Crippen LogP contribution in [0.2, 0.25) is 0 Å². The van der Waals surface area contributed by atoms with Gasteiger partial charge in [-0.05, 0) is 26.0 Å². The van der Waals surface area contributed by atoms with Crippen molar-refractivity contribution in [3.63, 3.8) is 0 Å². The van der Waals surface area contributed by atoms with Crippen molar-refractivity contribution in [1.29, 1.82) is 0 Å². The molecular weight excluding hydrogens is 270 g/mol. The third kappa shape index (κ3) is 3.82. The number of hydrogen-bond acceptors (Lipinski definition) is 5. The fourth-order valence-corrected chi connectivity index (χ4v) is 2.86. The summed E-state index contributed by atoms with van der Waals surface area (Å²) < 4.78 is 36.8. The highest BCUT2D eigenvalue weighted by molar-refractivity contribution is 7.89. The van der Waals surface area contributed by atoms with Crippen LogP contribution in [0.4, 0.5) is 0 Å². The highest BCUT2D eigenvalue weighted by Crippen LogP contribution is 2.29. The van der Waals surface area contributed by atoms with E-state index in [9.17, 15) is 8.42 Å². The minimum absolute atomic E-state index is 0.0478. The molecule has 6 nitrogen and oxygen atoms in total. The lowest BCUT2D eigenvalue weighted by Crippen LogP contribution is -2.46. The molecule has 0 heterocycles. The second-order valence-corrected chi connectivity index (χ2v) is 6.35. The highest BCUT2D eigenvalue weighted by atomic mass is 32.2. The van der Waals surface area contributed by atoms with E-state index < -0.39 is 15.6 Å². The smallest absolute Gasteiger partial charge is 0.241 e. The summed E-state index contributed by atoms with van der Waals surface area (Å²) in [7, 11) is -0.832. The number of methoxy groups -OCH3 is 2. The number of rotatable bonds is 6. The van der Waals surface area contributed by atoms with Crippen molar-refractivity contribution in [2.24, 2.45) is 0 Å². The Hall–Kier alpha value is -1.31. The van der Waals surface area contributed by atoms with Gasteiger partial charge in [0.2, 0.25) is 10.0 Å². The number of sulfonamides is 1. The minimum atomic E-state index is -3.73. The molecule has 2 N–H and O–H groups in total. The molecule has 0 saturated carbocycles. The lowest BCUT2D eigenvalue weighted by molar-refractivity contribution is 0.208. The second kappa shape index (κ2) is 5.77. The van der Waals surface area contributed by atoms with E-state index in [-0.39, 0.29) is 11.5 Å². The molecule has 7 heteroatoms. The number of nitrogens with one attached hydrogen (secondary N) is 1. The van der Waals surface area contributed by atoms with Gasteiger partial charge in [-0.3, -0.25) is 0 Å². The van der Waals surface area contributed by atoms with Gasteiger partial charge in [0.1, 0.15) is 0 Å². The molecule has 0 radical (unpaired) electrons. The van der Waals surface area contributed by atoms with Crippen molar-refractivity contribution in [2.75, 3.05) is 20.8 Å². The molecule has 0 amide bonds. The lowest BCUT2D eigenvalue weighted by Gasteiger charge is -2.23. The van der Waals surface area contributed by atoms with Gasteiger partial charge in [0, 0.05) is 6.07 Å². The first-order valence-corrected chi connectivity index (χ1v) is 7.11. The quantitative estimate of drug-likeness (QED) is 0.807. The van der Waals surface area contributed by atoms with E-state index in [2.05, 4.69) is 4.72 Å². The fourth-order valence-electron chi connectivity index (χ4n) is 1.44. The maximum atomic E-state index is 12.2. The average molecular weight is 289 g/mol. The van der Waals surface area contributed by atoms with Gasteiger partial charge in [0.25, 0.3) is 0 Å². The topological polar surface area (TPSA) is 84.9 Å². The van der Waals surface area contributed by atoms with Crippen LogP contribution in [-0.4, -0.2) is 39.9 Å². The van der Waals surface area contributed by atoms with E-state index in [1.165, 1.54) is 32.4 Å². The predicted octanol–water partition coefficient (Wildman–Crippen LogP) is 0.753. The second-order valence-electron chi connectivity index (χ2n) is 4.66. The summed E-state index contributed by atoms with van der Waals surface area (Å²) >= 11 is 0. The molecule has 0 fully saturated rings. The molecule has 0 aliphatic heterocycles. The van der Waals surface area contributed by atoms with Crippen molar-refractivity contribution in [2.45, 2.75) is 24.3 Å². The summed E-state index contributed by atoms with van der Waals surface area (Å²) in [6.07, 6.45) is 0. The van der Waals surface area contributed by atoms with Crippen LogP contribution in [0.5, 0.6) is 11.5 Å². The number of ether oxygens (including phenoxy) is 2. The summed E-state index contributed by atoms with van der Waals surface area (Å²) in [5.74, 6) is 0.773. The molecule has 0 unspecified atom stereocenters. The number of hydrogen-bond donors (Lipinski definition) is 2. The standard InChI is InChI=1S/C12H19NO5S/c1-12(2,8-14)13-19(15,16)9-5-6-10(17-3)11(7-9)18-4/h5-7,13-14H,8H2,1-4H3. The van der Waals surface area contributed by atoms with Crippen LogP contribution in [-0.2, 0) is 10.0 Å². The summed E-state index contributed by atoms with van der Waals surface area (Å²) in [5.41, 5.74) is -0.938. The van der Waals surface area contributed by atoms with Crippen LogP contribution in [0.25, 0.3) is 0 Å². The predicted molar refractivity (Wildman–Crippen MR) is 71.0 cm³/mol. The Bertz CT molecular complexity index is 539. The van der Waals surface area contributed by atoms with Crippen molar-refractivity contribution in [1.82, 2.24) is 4.72 Å². The van der Waals surface area contributed by atoms with Gasteiger partial charge in [0.15, 0.2) is 11.5 Å². The van der Waals surface area contributed by atoms with Gasteiger partial charge in [-0.25, -0.2) is 13.1 Å². The van der Waals surface area contributed by atoms with Crippen LogP contribution in [0.1, 0.15) is 13.8 Å². The summed E-state index contributed by atoms with van der Waals surface area (Å²) in [6, 6.07) is 4.30. The van der Waals surface area contributed by atoms with E-state index >= 15 is 0 Å². The van der Waals surface area contributed by atoms with Crippen molar-refractivity contribution >= 4 is 10.0 Å². The monoisotopic (exact) mass is 289 g/mol. The molecule has 108 valence electrons. The van der Waals surface area contributed by atoms with Gasteiger partial charge in [-0.15, -0.1) is 0 Å².